The van der Waals surface area contributed by atoms with Crippen LogP contribution in [0.5, 0.6) is 0 Å². The molecule has 0 spiro atoms. The predicted molar refractivity (Wildman–Crippen MR) is 128 cm³/mol. The van der Waals surface area contributed by atoms with E-state index in [1.54, 1.807) is 0 Å². The number of halogens is 1. The van der Waals surface area contributed by atoms with Crippen LogP contribution in [0.4, 0.5) is 0 Å². The number of aliphatic imine (C=N–C) groups is 1. The summed E-state index contributed by atoms with van der Waals surface area (Å²) in [4.78, 5) is 8.35. The maximum absolute atomic E-state index is 4.56. The first-order valence-electron chi connectivity index (χ1n) is 9.83. The van der Waals surface area contributed by atoms with Gasteiger partial charge in [-0.3, -0.25) is 9.67 Å². The van der Waals surface area contributed by atoms with Gasteiger partial charge in [-0.2, -0.15) is 5.10 Å². The van der Waals surface area contributed by atoms with Crippen molar-refractivity contribution in [3.63, 3.8) is 0 Å². The molecule has 1 aromatic carbocycles. The molecular formula is C21H30IN5S. The highest BCUT2D eigenvalue weighted by Gasteiger charge is 2.44. The minimum Gasteiger partial charge on any atom is -0.355 e. The lowest BCUT2D eigenvalue weighted by Gasteiger charge is -2.24. The summed E-state index contributed by atoms with van der Waals surface area (Å²) in [5.41, 5.74) is 1.34. The van der Waals surface area contributed by atoms with Crippen LogP contribution in [0.25, 0.3) is 0 Å². The van der Waals surface area contributed by atoms with Crippen LogP contribution in [-0.2, 0) is 13.5 Å². The number of likely N-dealkylation sites (tertiary alicyclic amines) is 1. The molecule has 1 aliphatic heterocycles. The van der Waals surface area contributed by atoms with Gasteiger partial charge in [-0.15, -0.1) is 35.7 Å². The van der Waals surface area contributed by atoms with Crippen LogP contribution in [0.3, 0.4) is 0 Å². The van der Waals surface area contributed by atoms with E-state index >= 15 is 0 Å². The van der Waals surface area contributed by atoms with Gasteiger partial charge < -0.3 is 10.2 Å². The average Bonchev–Trinajstić information content (AvgIpc) is 3.07. The molecule has 0 amide bonds. The molecule has 2 aliphatic rings. The summed E-state index contributed by atoms with van der Waals surface area (Å²) in [7, 11) is 3.89. The molecule has 4 rings (SSSR count). The first-order chi connectivity index (χ1) is 13.2. The van der Waals surface area contributed by atoms with Crippen molar-refractivity contribution in [2.75, 3.05) is 26.7 Å². The zero-order chi connectivity index (χ0) is 18.7. The first kappa shape index (κ1) is 21.5. The van der Waals surface area contributed by atoms with E-state index in [0.717, 1.165) is 32.0 Å². The number of nitrogens with one attached hydrogen (secondary N) is 1. The molecule has 0 bridgehead atoms. The third-order valence-corrected chi connectivity index (χ3v) is 7.03. The van der Waals surface area contributed by atoms with Crippen LogP contribution in [0, 0.1) is 5.92 Å². The summed E-state index contributed by atoms with van der Waals surface area (Å²) >= 11 is 2.01. The Bertz CT molecular complexity index is 787. The molecule has 7 heteroatoms. The molecule has 2 heterocycles. The second-order valence-electron chi connectivity index (χ2n) is 7.83. The molecule has 1 aliphatic carbocycles. The van der Waals surface area contributed by atoms with Gasteiger partial charge in [-0.05, 0) is 49.3 Å². The molecule has 2 aromatic rings. The third-order valence-electron chi connectivity index (χ3n) is 5.53. The fourth-order valence-corrected chi connectivity index (χ4v) is 5.11. The Kier molecular flexibility index (Phi) is 7.31. The monoisotopic (exact) mass is 511 g/mol. The van der Waals surface area contributed by atoms with Crippen molar-refractivity contribution in [1.82, 2.24) is 20.0 Å². The molecule has 1 atom stereocenters. The van der Waals surface area contributed by atoms with Crippen LogP contribution >= 0.6 is 35.7 Å². The molecule has 28 heavy (non-hydrogen) atoms. The number of thioether (sulfide) groups is 1. The van der Waals surface area contributed by atoms with Gasteiger partial charge in [0.05, 0.1) is 6.20 Å². The molecule has 5 nitrogen and oxygen atoms in total. The fraction of sp³-hybridized carbons (Fsp3) is 0.524. The number of rotatable bonds is 6. The highest BCUT2D eigenvalue weighted by atomic mass is 127. The Morgan fingerprint density at radius 3 is 2.75 bits per heavy atom. The smallest absolute Gasteiger partial charge is 0.193 e. The van der Waals surface area contributed by atoms with Gasteiger partial charge >= 0.3 is 0 Å². The second-order valence-corrected chi connectivity index (χ2v) is 9.37. The number of hydrogen-bond donors (Lipinski definition) is 1. The van der Waals surface area contributed by atoms with E-state index in [9.17, 15) is 0 Å². The van der Waals surface area contributed by atoms with Crippen LogP contribution in [0.2, 0.25) is 0 Å². The number of hydrogen-bond acceptors (Lipinski definition) is 3. The topological polar surface area (TPSA) is 45.5 Å². The van der Waals surface area contributed by atoms with Gasteiger partial charge in [0, 0.05) is 49.6 Å². The molecule has 1 saturated heterocycles. The molecule has 0 radical (unpaired) electrons. The summed E-state index contributed by atoms with van der Waals surface area (Å²) < 4.78 is 2.23. The Morgan fingerprint density at radius 2 is 2.11 bits per heavy atom. The second kappa shape index (κ2) is 9.52. The van der Waals surface area contributed by atoms with Gasteiger partial charge in [0.2, 0.25) is 0 Å². The summed E-state index contributed by atoms with van der Waals surface area (Å²) in [5.74, 6) is 1.74. The predicted octanol–water partition coefficient (Wildman–Crippen LogP) is 3.80. The van der Waals surface area contributed by atoms with E-state index in [4.69, 9.17) is 0 Å². The van der Waals surface area contributed by atoms with Crippen LogP contribution < -0.4 is 5.32 Å². The Labute approximate surface area is 189 Å². The van der Waals surface area contributed by atoms with Gasteiger partial charge in [0.25, 0.3) is 0 Å². The molecule has 1 saturated carbocycles. The van der Waals surface area contributed by atoms with E-state index in [1.807, 2.05) is 36.7 Å². The number of aryl methyl sites for hydroxylation is 1. The summed E-state index contributed by atoms with van der Waals surface area (Å²) in [6, 6.07) is 10.7. The number of aromatic nitrogens is 2. The number of benzene rings is 1. The van der Waals surface area contributed by atoms with Crippen molar-refractivity contribution < 1.29 is 0 Å². The molecule has 1 aromatic heterocycles. The highest BCUT2D eigenvalue weighted by Crippen LogP contribution is 2.51. The van der Waals surface area contributed by atoms with Gasteiger partial charge in [0.15, 0.2) is 5.96 Å². The van der Waals surface area contributed by atoms with Crippen molar-refractivity contribution in [2.45, 2.75) is 35.3 Å². The minimum atomic E-state index is 0. The molecule has 2 fully saturated rings. The lowest BCUT2D eigenvalue weighted by Crippen LogP contribution is -2.43. The van der Waals surface area contributed by atoms with Crippen LogP contribution in [-0.4, -0.2) is 52.1 Å². The van der Waals surface area contributed by atoms with E-state index < -0.39 is 0 Å². The lowest BCUT2D eigenvalue weighted by molar-refractivity contribution is 0.459. The number of nitrogens with zero attached hydrogens (tertiary/aromatic N) is 4. The zero-order valence-electron chi connectivity index (χ0n) is 16.7. The quantitative estimate of drug-likeness (QED) is 0.364. The van der Waals surface area contributed by atoms with E-state index in [2.05, 4.69) is 56.8 Å². The van der Waals surface area contributed by atoms with Gasteiger partial charge in [-0.1, -0.05) is 18.2 Å². The molecular weight excluding hydrogens is 481 g/mol. The zero-order valence-corrected chi connectivity index (χ0v) is 19.8. The van der Waals surface area contributed by atoms with E-state index in [1.165, 1.54) is 29.7 Å². The minimum absolute atomic E-state index is 0. The summed E-state index contributed by atoms with van der Waals surface area (Å²) in [6.07, 6.45) is 9.01. The number of guanidine groups is 1. The summed E-state index contributed by atoms with van der Waals surface area (Å²) in [6.45, 7) is 3.15. The Balaban J connectivity index is 0.00000225. The standard InChI is InChI=1S/C21H29N5S.HI/c1-22-20(23-16-21(9-10-21)27-19-6-4-3-5-7-19)26-11-8-17(15-26)12-18-13-24-25(2)14-18;/h3-7,13-14,17H,8-12,15-16H2,1-2H3,(H,22,23);1H. The van der Waals surface area contributed by atoms with Crippen molar-refractivity contribution in [3.8, 4) is 0 Å². The largest absolute Gasteiger partial charge is 0.355 e. The van der Waals surface area contributed by atoms with Crippen molar-refractivity contribution >= 4 is 41.7 Å². The maximum Gasteiger partial charge on any atom is 0.193 e. The molecule has 1 unspecified atom stereocenters. The third kappa shape index (κ3) is 5.43. The van der Waals surface area contributed by atoms with Gasteiger partial charge in [-0.25, -0.2) is 0 Å². The van der Waals surface area contributed by atoms with Crippen LogP contribution in [0.1, 0.15) is 24.8 Å². The van der Waals surface area contributed by atoms with Crippen molar-refractivity contribution in [2.24, 2.45) is 18.0 Å². The van der Waals surface area contributed by atoms with Gasteiger partial charge in [0.1, 0.15) is 0 Å². The first-order valence-corrected chi connectivity index (χ1v) is 10.6. The van der Waals surface area contributed by atoms with E-state index in [0.29, 0.717) is 10.7 Å². The average molecular weight is 511 g/mol. The SMILES string of the molecule is CN=C(NCC1(Sc2ccccc2)CC1)N1CCC(Cc2cnn(C)c2)C1.I. The fourth-order valence-electron chi connectivity index (χ4n) is 3.87. The lowest BCUT2D eigenvalue weighted by atomic mass is 10.0. The van der Waals surface area contributed by atoms with E-state index in [-0.39, 0.29) is 24.0 Å². The summed E-state index contributed by atoms with van der Waals surface area (Å²) in [5, 5.41) is 7.95. The molecule has 1 N–H and O–H groups in total. The van der Waals surface area contributed by atoms with Crippen molar-refractivity contribution in [1.29, 1.82) is 0 Å². The molecule has 152 valence electrons. The highest BCUT2D eigenvalue weighted by molar-refractivity contribution is 14.0. The Hall–Kier alpha value is -1.22. The van der Waals surface area contributed by atoms with Crippen LogP contribution in [0.15, 0.2) is 52.6 Å². The maximum atomic E-state index is 4.56. The normalized spacial score (nSPS) is 20.7. The van der Waals surface area contributed by atoms with Crippen molar-refractivity contribution in [3.05, 3.63) is 48.3 Å². The Morgan fingerprint density at radius 1 is 1.32 bits per heavy atom.